The number of carbonyl (C=O) groups is 1. The van der Waals surface area contributed by atoms with Gasteiger partial charge in [-0.25, -0.2) is 0 Å². The van der Waals surface area contributed by atoms with Crippen LogP contribution in [0.15, 0.2) is 12.3 Å². The minimum Gasteiger partial charge on any atom is -0.397 e. The number of carbonyl (C=O) groups excluding carboxylic acids is 1. The molecule has 2 rings (SSSR count). The van der Waals surface area contributed by atoms with Crippen molar-refractivity contribution in [3.05, 3.63) is 18.0 Å². The van der Waals surface area contributed by atoms with E-state index in [2.05, 4.69) is 6.92 Å². The van der Waals surface area contributed by atoms with Crippen LogP contribution in [0, 0.1) is 0 Å². The van der Waals surface area contributed by atoms with Crippen LogP contribution < -0.4 is 5.73 Å². The van der Waals surface area contributed by atoms with Gasteiger partial charge in [-0.15, -0.1) is 0 Å². The maximum atomic E-state index is 12.5. The van der Waals surface area contributed by atoms with Gasteiger partial charge in [0, 0.05) is 25.8 Å². The number of aryl methyl sites for hydroxylation is 1. The Morgan fingerprint density at radius 1 is 1.50 bits per heavy atom. The lowest BCUT2D eigenvalue weighted by Crippen LogP contribution is -2.36. The van der Waals surface area contributed by atoms with Gasteiger partial charge in [0.05, 0.1) is 5.69 Å². The molecule has 4 nitrogen and oxygen atoms in total. The van der Waals surface area contributed by atoms with E-state index in [0.29, 0.717) is 11.7 Å². The smallest absolute Gasteiger partial charge is 0.270 e. The molecular formula is C14H23N3O. The summed E-state index contributed by atoms with van der Waals surface area (Å²) < 4.78 is 1.98. The molecule has 1 heterocycles. The first-order chi connectivity index (χ1) is 8.63. The fourth-order valence-electron chi connectivity index (χ4n) is 2.78. The van der Waals surface area contributed by atoms with Crippen LogP contribution in [-0.4, -0.2) is 28.5 Å². The highest BCUT2D eigenvalue weighted by Crippen LogP contribution is 2.24. The number of nitrogen functional groups attached to an aromatic ring is 1. The van der Waals surface area contributed by atoms with Gasteiger partial charge in [0.15, 0.2) is 0 Å². The predicted octanol–water partition coefficient (Wildman–Crippen LogP) is 2.49. The highest BCUT2D eigenvalue weighted by atomic mass is 16.2. The quantitative estimate of drug-likeness (QED) is 0.891. The lowest BCUT2D eigenvalue weighted by molar-refractivity contribution is 0.0724. The van der Waals surface area contributed by atoms with Crippen LogP contribution in [0.2, 0.25) is 0 Å². The molecule has 1 aliphatic rings. The predicted molar refractivity (Wildman–Crippen MR) is 73.5 cm³/mol. The zero-order valence-electron chi connectivity index (χ0n) is 11.4. The zero-order chi connectivity index (χ0) is 13.1. The first-order valence-corrected chi connectivity index (χ1v) is 6.86. The molecule has 0 aromatic carbocycles. The third kappa shape index (κ3) is 2.52. The van der Waals surface area contributed by atoms with Gasteiger partial charge in [-0.1, -0.05) is 19.8 Å². The number of nitrogens with zero attached hydrogens (tertiary/aromatic N) is 2. The molecule has 4 heteroatoms. The summed E-state index contributed by atoms with van der Waals surface area (Å²) in [5, 5.41) is 0. The molecule has 1 aromatic rings. The van der Waals surface area contributed by atoms with Crippen molar-refractivity contribution in [2.75, 3.05) is 12.8 Å². The summed E-state index contributed by atoms with van der Waals surface area (Å²) in [5.74, 6) is 0.104. The summed E-state index contributed by atoms with van der Waals surface area (Å²) in [6.45, 7) is 2.95. The van der Waals surface area contributed by atoms with E-state index in [1.165, 1.54) is 12.8 Å². The molecule has 0 spiro atoms. The molecule has 0 radical (unpaired) electrons. The Kier molecular flexibility index (Phi) is 3.94. The van der Waals surface area contributed by atoms with E-state index >= 15 is 0 Å². The summed E-state index contributed by atoms with van der Waals surface area (Å²) in [7, 11) is 1.91. The van der Waals surface area contributed by atoms with Crippen LogP contribution in [0.4, 0.5) is 5.69 Å². The Hall–Kier alpha value is -1.45. The van der Waals surface area contributed by atoms with E-state index in [1.807, 2.05) is 22.7 Å². The number of hydrogen-bond acceptors (Lipinski definition) is 2. The molecule has 0 bridgehead atoms. The monoisotopic (exact) mass is 249 g/mol. The van der Waals surface area contributed by atoms with E-state index in [9.17, 15) is 4.79 Å². The second-order valence-corrected chi connectivity index (χ2v) is 5.21. The Morgan fingerprint density at radius 3 is 2.78 bits per heavy atom. The van der Waals surface area contributed by atoms with E-state index in [4.69, 9.17) is 5.73 Å². The van der Waals surface area contributed by atoms with Gasteiger partial charge in [0.2, 0.25) is 0 Å². The van der Waals surface area contributed by atoms with Crippen molar-refractivity contribution in [2.24, 2.45) is 0 Å². The molecule has 100 valence electrons. The van der Waals surface area contributed by atoms with Gasteiger partial charge in [-0.05, 0) is 25.3 Å². The average molecular weight is 249 g/mol. The molecule has 0 aliphatic heterocycles. The number of rotatable bonds is 4. The summed E-state index contributed by atoms with van der Waals surface area (Å²) >= 11 is 0. The van der Waals surface area contributed by atoms with Crippen molar-refractivity contribution >= 4 is 11.6 Å². The summed E-state index contributed by atoms with van der Waals surface area (Å²) in [6.07, 6.45) is 7.60. The van der Waals surface area contributed by atoms with Gasteiger partial charge in [0.25, 0.3) is 5.91 Å². The number of aromatic nitrogens is 1. The second kappa shape index (κ2) is 5.46. The summed E-state index contributed by atoms with van der Waals surface area (Å²) in [5.41, 5.74) is 7.21. The van der Waals surface area contributed by atoms with E-state index < -0.39 is 0 Å². The standard InChI is InChI=1S/C14H23N3O/c1-3-8-17-10-11(15)9-13(17)14(18)16(2)12-6-4-5-7-12/h9-10,12H,3-8,15H2,1-2H3. The van der Waals surface area contributed by atoms with E-state index in [1.54, 1.807) is 6.07 Å². The SMILES string of the molecule is CCCn1cc(N)cc1C(=O)N(C)C1CCCC1. The Balaban J connectivity index is 2.16. The summed E-state index contributed by atoms with van der Waals surface area (Å²) in [4.78, 5) is 14.4. The highest BCUT2D eigenvalue weighted by Gasteiger charge is 2.25. The molecule has 1 aromatic heterocycles. The van der Waals surface area contributed by atoms with Crippen molar-refractivity contribution in [3.8, 4) is 0 Å². The zero-order valence-corrected chi connectivity index (χ0v) is 11.4. The molecular weight excluding hydrogens is 226 g/mol. The van der Waals surface area contributed by atoms with Gasteiger partial charge in [0.1, 0.15) is 5.69 Å². The maximum absolute atomic E-state index is 12.5. The molecule has 1 aliphatic carbocycles. The number of amides is 1. The van der Waals surface area contributed by atoms with Crippen LogP contribution in [0.25, 0.3) is 0 Å². The van der Waals surface area contributed by atoms with Crippen LogP contribution in [0.1, 0.15) is 49.5 Å². The average Bonchev–Trinajstić information content (AvgIpc) is 2.97. The molecule has 0 unspecified atom stereocenters. The van der Waals surface area contributed by atoms with E-state index in [-0.39, 0.29) is 5.91 Å². The normalized spacial score (nSPS) is 16.1. The molecule has 1 saturated carbocycles. The highest BCUT2D eigenvalue weighted by molar-refractivity contribution is 5.93. The molecule has 1 fully saturated rings. The lowest BCUT2D eigenvalue weighted by atomic mass is 10.2. The van der Waals surface area contributed by atoms with Crippen molar-refractivity contribution in [1.82, 2.24) is 9.47 Å². The van der Waals surface area contributed by atoms with Crippen molar-refractivity contribution in [3.63, 3.8) is 0 Å². The first-order valence-electron chi connectivity index (χ1n) is 6.86. The molecule has 18 heavy (non-hydrogen) atoms. The van der Waals surface area contributed by atoms with Crippen molar-refractivity contribution < 1.29 is 4.79 Å². The maximum Gasteiger partial charge on any atom is 0.270 e. The number of hydrogen-bond donors (Lipinski definition) is 1. The van der Waals surface area contributed by atoms with Gasteiger partial charge >= 0.3 is 0 Å². The third-order valence-corrected chi connectivity index (χ3v) is 3.79. The van der Waals surface area contributed by atoms with Crippen LogP contribution in [0.3, 0.4) is 0 Å². The Bertz CT molecular complexity index is 419. The minimum absolute atomic E-state index is 0.104. The number of nitrogens with two attached hydrogens (primary N) is 1. The van der Waals surface area contributed by atoms with Gasteiger partial charge in [-0.2, -0.15) is 0 Å². The molecule has 2 N–H and O–H groups in total. The fraction of sp³-hybridized carbons (Fsp3) is 0.643. The lowest BCUT2D eigenvalue weighted by Gasteiger charge is -2.24. The Labute approximate surface area is 109 Å². The third-order valence-electron chi connectivity index (χ3n) is 3.79. The van der Waals surface area contributed by atoms with E-state index in [0.717, 1.165) is 31.5 Å². The largest absolute Gasteiger partial charge is 0.397 e. The second-order valence-electron chi connectivity index (χ2n) is 5.21. The summed E-state index contributed by atoms with van der Waals surface area (Å²) in [6, 6.07) is 2.20. The topological polar surface area (TPSA) is 51.3 Å². The molecule has 0 saturated heterocycles. The fourth-order valence-corrected chi connectivity index (χ4v) is 2.78. The Morgan fingerprint density at radius 2 is 2.17 bits per heavy atom. The van der Waals surface area contributed by atoms with Gasteiger partial charge in [-0.3, -0.25) is 4.79 Å². The first kappa shape index (κ1) is 13.0. The van der Waals surface area contributed by atoms with Crippen LogP contribution >= 0.6 is 0 Å². The number of anilines is 1. The molecule has 0 atom stereocenters. The van der Waals surface area contributed by atoms with Crippen LogP contribution in [-0.2, 0) is 6.54 Å². The minimum atomic E-state index is 0.104. The van der Waals surface area contributed by atoms with Gasteiger partial charge < -0.3 is 15.2 Å². The van der Waals surface area contributed by atoms with Crippen molar-refractivity contribution in [2.45, 2.75) is 51.6 Å². The van der Waals surface area contributed by atoms with Crippen LogP contribution in [0.5, 0.6) is 0 Å². The van der Waals surface area contributed by atoms with Crippen molar-refractivity contribution in [1.29, 1.82) is 0 Å². The molecule has 1 amide bonds.